The molecule has 0 radical (unpaired) electrons. The molecular weight excluding hydrogens is 392 g/mol. The minimum Gasteiger partial charge on any atom is -0.493 e. The van der Waals surface area contributed by atoms with Crippen molar-refractivity contribution in [3.05, 3.63) is 28.3 Å². The van der Waals surface area contributed by atoms with Gasteiger partial charge in [0, 0.05) is 13.8 Å². The van der Waals surface area contributed by atoms with Gasteiger partial charge in [0.15, 0.2) is 17.6 Å². The lowest BCUT2D eigenvalue weighted by Gasteiger charge is -2.29. The Morgan fingerprint density at radius 3 is 2.39 bits per heavy atom. The van der Waals surface area contributed by atoms with Gasteiger partial charge in [-0.25, -0.2) is 14.4 Å². The third kappa shape index (κ3) is 4.95. The van der Waals surface area contributed by atoms with E-state index >= 15 is 0 Å². The normalized spacial score (nSPS) is 16.6. The number of carbonyl (C=O) groups excluding carboxylic acids is 3. The molecule has 0 saturated carbocycles. The smallest absolute Gasteiger partial charge is 0.348 e. The van der Waals surface area contributed by atoms with E-state index in [-0.39, 0.29) is 28.7 Å². The van der Waals surface area contributed by atoms with Crippen LogP contribution in [0.25, 0.3) is 6.08 Å². The fraction of sp³-hybridized carbons (Fsp3) is 0.421. The SMILES string of the molecule is CCOC(=O)C(C)Oc1c(Cl)cc(C=C2C(=O)OC(C)(C)OC2=O)cc1OC. The van der Waals surface area contributed by atoms with Gasteiger partial charge in [-0.3, -0.25) is 0 Å². The van der Waals surface area contributed by atoms with Crippen LogP contribution in [0.2, 0.25) is 5.02 Å². The first-order valence-electron chi connectivity index (χ1n) is 8.47. The maximum atomic E-state index is 12.1. The highest BCUT2D eigenvalue weighted by Gasteiger charge is 2.38. The molecule has 8 nitrogen and oxygen atoms in total. The minimum atomic E-state index is -1.33. The summed E-state index contributed by atoms with van der Waals surface area (Å²) in [5, 5.41) is 0.111. The second-order valence-electron chi connectivity index (χ2n) is 6.28. The molecule has 1 aromatic carbocycles. The third-order valence-electron chi connectivity index (χ3n) is 3.59. The van der Waals surface area contributed by atoms with Crippen molar-refractivity contribution < 1.29 is 38.1 Å². The van der Waals surface area contributed by atoms with Crippen LogP contribution in [0.3, 0.4) is 0 Å². The molecule has 0 amide bonds. The molecule has 1 fully saturated rings. The first-order chi connectivity index (χ1) is 13.1. The molecule has 0 N–H and O–H groups in total. The monoisotopic (exact) mass is 412 g/mol. The molecule has 1 aliphatic rings. The van der Waals surface area contributed by atoms with Gasteiger partial charge in [-0.2, -0.15) is 0 Å². The second-order valence-corrected chi connectivity index (χ2v) is 6.69. The molecule has 152 valence electrons. The van der Waals surface area contributed by atoms with Crippen LogP contribution in [0.1, 0.15) is 33.3 Å². The van der Waals surface area contributed by atoms with Crippen LogP contribution in [0.5, 0.6) is 11.5 Å². The number of esters is 3. The van der Waals surface area contributed by atoms with Crippen LogP contribution in [0.4, 0.5) is 0 Å². The van der Waals surface area contributed by atoms with E-state index < -0.39 is 29.8 Å². The number of benzene rings is 1. The first kappa shape index (κ1) is 21.6. The van der Waals surface area contributed by atoms with E-state index in [9.17, 15) is 14.4 Å². The maximum absolute atomic E-state index is 12.1. The number of hydrogen-bond donors (Lipinski definition) is 0. The Morgan fingerprint density at radius 1 is 1.25 bits per heavy atom. The van der Waals surface area contributed by atoms with E-state index in [1.54, 1.807) is 6.92 Å². The van der Waals surface area contributed by atoms with Gasteiger partial charge in [0.2, 0.25) is 0 Å². The number of ether oxygens (including phenoxy) is 5. The van der Waals surface area contributed by atoms with Crippen LogP contribution in [0.15, 0.2) is 17.7 Å². The van der Waals surface area contributed by atoms with Gasteiger partial charge in [0.1, 0.15) is 5.57 Å². The highest BCUT2D eigenvalue weighted by atomic mass is 35.5. The zero-order valence-electron chi connectivity index (χ0n) is 16.2. The molecule has 0 aromatic heterocycles. The number of hydrogen-bond acceptors (Lipinski definition) is 8. The van der Waals surface area contributed by atoms with Gasteiger partial charge >= 0.3 is 17.9 Å². The lowest BCUT2D eigenvalue weighted by Crippen LogP contribution is -2.41. The summed E-state index contributed by atoms with van der Waals surface area (Å²) in [5.74, 6) is -3.18. The average Bonchev–Trinajstić information content (AvgIpc) is 2.59. The fourth-order valence-electron chi connectivity index (χ4n) is 2.37. The fourth-order valence-corrected chi connectivity index (χ4v) is 2.63. The zero-order chi connectivity index (χ0) is 21.1. The standard InChI is InChI=1S/C19H21ClO8/c1-6-25-16(21)10(2)26-15-13(20)8-11(9-14(15)24-5)7-12-17(22)27-19(3,4)28-18(12)23/h7-10H,6H2,1-5H3. The Labute approximate surface area is 167 Å². The highest BCUT2D eigenvalue weighted by molar-refractivity contribution is 6.32. The molecule has 1 unspecified atom stereocenters. The predicted molar refractivity (Wildman–Crippen MR) is 99.0 cm³/mol. The largest absolute Gasteiger partial charge is 0.493 e. The van der Waals surface area contributed by atoms with Crippen LogP contribution >= 0.6 is 11.6 Å². The molecule has 2 rings (SSSR count). The highest BCUT2D eigenvalue weighted by Crippen LogP contribution is 2.38. The first-order valence-corrected chi connectivity index (χ1v) is 8.85. The Hall–Kier alpha value is -2.74. The van der Waals surface area contributed by atoms with E-state index in [1.807, 2.05) is 0 Å². The van der Waals surface area contributed by atoms with Crippen molar-refractivity contribution in [2.75, 3.05) is 13.7 Å². The summed E-state index contributed by atoms with van der Waals surface area (Å²) < 4.78 is 25.8. The topological polar surface area (TPSA) is 97.4 Å². The molecule has 0 bridgehead atoms. The lowest BCUT2D eigenvalue weighted by atomic mass is 10.1. The molecule has 1 heterocycles. The van der Waals surface area contributed by atoms with Crippen LogP contribution in [-0.4, -0.2) is 43.5 Å². The van der Waals surface area contributed by atoms with E-state index in [2.05, 4.69) is 0 Å². The van der Waals surface area contributed by atoms with Crippen molar-refractivity contribution in [2.24, 2.45) is 0 Å². The summed E-state index contributed by atoms with van der Waals surface area (Å²) in [5.41, 5.74) is 0.0904. The number of halogens is 1. The Bertz CT molecular complexity index is 805. The van der Waals surface area contributed by atoms with Gasteiger partial charge in [-0.15, -0.1) is 0 Å². The quantitative estimate of drug-likeness (QED) is 0.399. The van der Waals surface area contributed by atoms with Crippen LogP contribution in [0, 0.1) is 0 Å². The number of carbonyl (C=O) groups is 3. The minimum absolute atomic E-state index is 0.111. The van der Waals surface area contributed by atoms with Gasteiger partial charge in [0.05, 0.1) is 18.7 Å². The summed E-state index contributed by atoms with van der Waals surface area (Å²) in [6, 6.07) is 2.94. The van der Waals surface area contributed by atoms with E-state index in [0.29, 0.717) is 5.56 Å². The molecule has 0 aliphatic carbocycles. The lowest BCUT2D eigenvalue weighted by molar-refractivity contribution is -0.222. The third-order valence-corrected chi connectivity index (χ3v) is 3.87. The van der Waals surface area contributed by atoms with Crippen molar-refractivity contribution in [2.45, 2.75) is 39.6 Å². The van der Waals surface area contributed by atoms with Gasteiger partial charge in [-0.1, -0.05) is 11.6 Å². The summed E-state index contributed by atoms with van der Waals surface area (Å²) >= 11 is 6.26. The summed E-state index contributed by atoms with van der Waals surface area (Å²) in [4.78, 5) is 35.9. The van der Waals surface area contributed by atoms with Crippen LogP contribution in [-0.2, 0) is 28.6 Å². The Balaban J connectivity index is 2.34. The Morgan fingerprint density at radius 2 is 1.86 bits per heavy atom. The molecular formula is C19H21ClO8. The van der Waals surface area contributed by atoms with E-state index in [4.69, 9.17) is 35.3 Å². The number of rotatable bonds is 6. The molecule has 28 heavy (non-hydrogen) atoms. The van der Waals surface area contributed by atoms with Gasteiger partial charge < -0.3 is 23.7 Å². The van der Waals surface area contributed by atoms with Crippen molar-refractivity contribution in [1.29, 1.82) is 0 Å². The van der Waals surface area contributed by atoms with Crippen molar-refractivity contribution in [1.82, 2.24) is 0 Å². The Kier molecular flexibility index (Phi) is 6.56. The van der Waals surface area contributed by atoms with E-state index in [0.717, 1.165) is 0 Å². The molecule has 1 atom stereocenters. The van der Waals surface area contributed by atoms with Crippen molar-refractivity contribution in [3.8, 4) is 11.5 Å². The number of methoxy groups -OCH3 is 1. The van der Waals surface area contributed by atoms with Crippen LogP contribution < -0.4 is 9.47 Å². The summed E-state index contributed by atoms with van der Waals surface area (Å²) in [6.45, 7) is 6.32. The summed E-state index contributed by atoms with van der Waals surface area (Å²) in [7, 11) is 1.39. The molecule has 9 heteroatoms. The van der Waals surface area contributed by atoms with E-state index in [1.165, 1.54) is 46.1 Å². The molecule has 1 saturated heterocycles. The zero-order valence-corrected chi connectivity index (χ0v) is 16.9. The molecule has 1 aromatic rings. The average molecular weight is 413 g/mol. The maximum Gasteiger partial charge on any atom is 0.348 e. The molecule has 0 spiro atoms. The van der Waals surface area contributed by atoms with Gasteiger partial charge in [0.25, 0.3) is 5.79 Å². The summed E-state index contributed by atoms with van der Waals surface area (Å²) in [6.07, 6.45) is 0.355. The predicted octanol–water partition coefficient (Wildman–Crippen LogP) is 2.90. The second kappa shape index (κ2) is 8.52. The van der Waals surface area contributed by atoms with Crippen molar-refractivity contribution >= 4 is 35.6 Å². The van der Waals surface area contributed by atoms with Crippen molar-refractivity contribution in [3.63, 3.8) is 0 Å². The van der Waals surface area contributed by atoms with Gasteiger partial charge in [-0.05, 0) is 37.6 Å². The molecule has 1 aliphatic heterocycles. The number of cyclic esters (lactones) is 2.